The number of hydrogen-bond acceptors (Lipinski definition) is 2. The Kier molecular flexibility index (Phi) is 4.66. The number of fused-ring (bicyclic) bond motifs is 1. The zero-order valence-electron chi connectivity index (χ0n) is 10.9. The zero-order chi connectivity index (χ0) is 15.3. The van der Waals surface area contributed by atoms with Gasteiger partial charge in [-0.2, -0.15) is 0 Å². The lowest BCUT2D eigenvalue weighted by molar-refractivity contribution is 0.0548. The molecule has 0 aromatic heterocycles. The summed E-state index contributed by atoms with van der Waals surface area (Å²) in [6.45, 7) is 0. The normalized spacial score (nSPS) is 19.3. The highest BCUT2D eigenvalue weighted by atomic mass is 79.9. The van der Waals surface area contributed by atoms with E-state index in [0.29, 0.717) is 20.1 Å². The second-order valence-electron chi connectivity index (χ2n) is 5.28. The number of rotatable bonds is 1. The molecular weight excluding hydrogens is 534 g/mol. The van der Waals surface area contributed by atoms with Crippen molar-refractivity contribution in [3.05, 3.63) is 29.0 Å². The fraction of sp³-hybridized carbons (Fsp3) is 0.429. The van der Waals surface area contributed by atoms with E-state index >= 15 is 0 Å². The van der Waals surface area contributed by atoms with Gasteiger partial charge in [-0.3, -0.25) is 14.5 Å². The predicted molar refractivity (Wildman–Crippen MR) is 94.6 cm³/mol. The van der Waals surface area contributed by atoms with Crippen LogP contribution in [0.25, 0.3) is 0 Å². The van der Waals surface area contributed by atoms with Gasteiger partial charge in [0.1, 0.15) is 0 Å². The molecule has 1 aliphatic carbocycles. The van der Waals surface area contributed by atoms with Gasteiger partial charge in [-0.1, -0.05) is 19.3 Å². The van der Waals surface area contributed by atoms with Gasteiger partial charge >= 0.3 is 0 Å². The summed E-state index contributed by atoms with van der Waals surface area (Å²) in [6, 6.07) is 0.0301. The predicted octanol–water partition coefficient (Wildman–Crippen LogP) is 5.67. The third kappa shape index (κ3) is 2.48. The minimum Gasteiger partial charge on any atom is -0.271 e. The van der Waals surface area contributed by atoms with Crippen LogP contribution in [0, 0.1) is 0 Å². The molecule has 7 heteroatoms. The van der Waals surface area contributed by atoms with Gasteiger partial charge in [0.2, 0.25) is 0 Å². The van der Waals surface area contributed by atoms with Gasteiger partial charge < -0.3 is 0 Å². The largest absolute Gasteiger partial charge is 0.271 e. The fourth-order valence-electron chi connectivity index (χ4n) is 3.04. The highest BCUT2D eigenvalue weighted by Gasteiger charge is 2.44. The quantitative estimate of drug-likeness (QED) is 0.260. The lowest BCUT2D eigenvalue weighted by Crippen LogP contribution is -2.41. The second-order valence-corrected chi connectivity index (χ2v) is 8.45. The Morgan fingerprint density at radius 3 is 1.57 bits per heavy atom. The summed E-state index contributed by atoms with van der Waals surface area (Å²) in [4.78, 5) is 27.0. The van der Waals surface area contributed by atoms with Gasteiger partial charge in [-0.05, 0) is 76.6 Å². The first kappa shape index (κ1) is 16.1. The molecular formula is C14H11Br4NO2. The van der Waals surface area contributed by atoms with Crippen LogP contribution in [0.5, 0.6) is 0 Å². The van der Waals surface area contributed by atoms with Gasteiger partial charge in [0.25, 0.3) is 11.8 Å². The topological polar surface area (TPSA) is 37.4 Å². The molecule has 3 rings (SSSR count). The number of imide groups is 1. The Bertz CT molecular complexity index is 606. The molecule has 1 saturated carbocycles. The molecule has 0 bridgehead atoms. The van der Waals surface area contributed by atoms with Gasteiger partial charge in [-0.25, -0.2) is 0 Å². The van der Waals surface area contributed by atoms with Gasteiger partial charge in [0.05, 0.1) is 11.1 Å². The van der Waals surface area contributed by atoms with Gasteiger partial charge in [0, 0.05) is 23.9 Å². The van der Waals surface area contributed by atoms with Crippen molar-refractivity contribution in [2.45, 2.75) is 38.1 Å². The molecule has 1 aromatic rings. The summed E-state index contributed by atoms with van der Waals surface area (Å²) in [5.41, 5.74) is 0.903. The van der Waals surface area contributed by atoms with E-state index in [0.717, 1.165) is 34.6 Å². The van der Waals surface area contributed by atoms with Crippen molar-refractivity contribution in [3.63, 3.8) is 0 Å². The highest BCUT2D eigenvalue weighted by molar-refractivity contribution is 9.15. The highest BCUT2D eigenvalue weighted by Crippen LogP contribution is 2.46. The lowest BCUT2D eigenvalue weighted by atomic mass is 9.94. The minimum absolute atomic E-state index is 0.0301. The Labute approximate surface area is 156 Å². The summed E-state index contributed by atoms with van der Waals surface area (Å²) in [5.74, 6) is -0.384. The molecule has 1 aliphatic heterocycles. The van der Waals surface area contributed by atoms with Crippen LogP contribution in [0.4, 0.5) is 0 Å². The van der Waals surface area contributed by atoms with Crippen LogP contribution < -0.4 is 0 Å². The summed E-state index contributed by atoms with van der Waals surface area (Å²) >= 11 is 13.8. The van der Waals surface area contributed by atoms with E-state index in [1.807, 2.05) is 0 Å². The number of amides is 2. The molecule has 0 radical (unpaired) electrons. The van der Waals surface area contributed by atoms with E-state index in [1.54, 1.807) is 0 Å². The SMILES string of the molecule is O=C1c2c(Br)c(Br)c(Br)c(Br)c2C(=O)N1C1CCCCC1. The van der Waals surface area contributed by atoms with Crippen molar-refractivity contribution >= 4 is 75.5 Å². The number of benzene rings is 1. The number of nitrogens with zero attached hydrogens (tertiary/aromatic N) is 1. The smallest absolute Gasteiger partial charge is 0.263 e. The first-order valence-electron chi connectivity index (χ1n) is 6.69. The van der Waals surface area contributed by atoms with E-state index in [-0.39, 0.29) is 17.9 Å². The standard InChI is InChI=1S/C14H11Br4NO2/c15-9-7-8(10(16)12(18)11(9)17)14(21)19(13(7)20)6-4-2-1-3-5-6/h6H,1-5H2. The van der Waals surface area contributed by atoms with Crippen molar-refractivity contribution in [2.24, 2.45) is 0 Å². The molecule has 0 spiro atoms. The van der Waals surface area contributed by atoms with Gasteiger partial charge in [0.15, 0.2) is 0 Å². The lowest BCUT2D eigenvalue weighted by Gasteiger charge is -2.29. The number of halogens is 4. The number of hydrogen-bond donors (Lipinski definition) is 0. The molecule has 2 aliphatic rings. The zero-order valence-corrected chi connectivity index (χ0v) is 17.2. The Balaban J connectivity index is 2.12. The molecule has 0 atom stereocenters. The molecule has 21 heavy (non-hydrogen) atoms. The van der Waals surface area contributed by atoms with Crippen molar-refractivity contribution in [3.8, 4) is 0 Å². The van der Waals surface area contributed by atoms with E-state index in [2.05, 4.69) is 63.7 Å². The summed E-state index contributed by atoms with van der Waals surface area (Å²) in [7, 11) is 0. The van der Waals surface area contributed by atoms with Crippen LogP contribution in [0.3, 0.4) is 0 Å². The van der Waals surface area contributed by atoms with Crippen LogP contribution in [0.15, 0.2) is 17.9 Å². The molecule has 0 N–H and O–H groups in total. The Hall–Kier alpha value is 0.280. The van der Waals surface area contributed by atoms with E-state index in [4.69, 9.17) is 0 Å². The first-order valence-corrected chi connectivity index (χ1v) is 9.86. The first-order chi connectivity index (χ1) is 9.95. The number of carbonyl (C=O) groups excluding carboxylic acids is 2. The summed E-state index contributed by atoms with van der Waals surface area (Å²) in [6.07, 6.45) is 5.15. The van der Waals surface area contributed by atoms with E-state index in [1.165, 1.54) is 11.3 Å². The fourth-order valence-corrected chi connectivity index (χ4v) is 5.49. The summed E-state index contributed by atoms with van der Waals surface area (Å²) in [5, 5.41) is 0. The van der Waals surface area contributed by atoms with Crippen LogP contribution in [0.1, 0.15) is 52.8 Å². The maximum absolute atomic E-state index is 12.8. The van der Waals surface area contributed by atoms with Gasteiger partial charge in [-0.15, -0.1) is 0 Å². The third-order valence-electron chi connectivity index (χ3n) is 4.07. The molecule has 112 valence electrons. The van der Waals surface area contributed by atoms with E-state index < -0.39 is 0 Å². The number of carbonyl (C=O) groups is 2. The minimum atomic E-state index is -0.192. The van der Waals surface area contributed by atoms with Crippen LogP contribution in [-0.2, 0) is 0 Å². The summed E-state index contributed by atoms with van der Waals surface area (Å²) < 4.78 is 2.73. The van der Waals surface area contributed by atoms with E-state index in [9.17, 15) is 9.59 Å². The van der Waals surface area contributed by atoms with Crippen molar-refractivity contribution < 1.29 is 9.59 Å². The molecule has 1 aromatic carbocycles. The third-order valence-corrected chi connectivity index (χ3v) is 8.84. The van der Waals surface area contributed by atoms with Crippen LogP contribution in [-0.4, -0.2) is 22.8 Å². The van der Waals surface area contributed by atoms with Crippen molar-refractivity contribution in [1.82, 2.24) is 4.90 Å². The molecule has 3 nitrogen and oxygen atoms in total. The average molecular weight is 545 g/mol. The van der Waals surface area contributed by atoms with Crippen molar-refractivity contribution in [2.75, 3.05) is 0 Å². The Morgan fingerprint density at radius 1 is 0.714 bits per heavy atom. The average Bonchev–Trinajstić information content (AvgIpc) is 2.75. The van der Waals surface area contributed by atoms with Crippen LogP contribution >= 0.6 is 63.7 Å². The molecule has 1 heterocycles. The molecule has 1 fully saturated rings. The second kappa shape index (κ2) is 6.06. The maximum atomic E-state index is 12.8. The monoisotopic (exact) mass is 541 g/mol. The maximum Gasteiger partial charge on any atom is 0.263 e. The van der Waals surface area contributed by atoms with Crippen LogP contribution in [0.2, 0.25) is 0 Å². The molecule has 0 saturated heterocycles. The Morgan fingerprint density at radius 2 is 1.14 bits per heavy atom. The van der Waals surface area contributed by atoms with Crippen molar-refractivity contribution in [1.29, 1.82) is 0 Å². The molecule has 0 unspecified atom stereocenters. The molecule has 2 amide bonds.